The van der Waals surface area contributed by atoms with Crippen molar-refractivity contribution < 1.29 is 17.9 Å². The minimum absolute atomic E-state index is 0.270. The average Bonchev–Trinajstić information content (AvgIpc) is 2.58. The number of fused-ring (bicyclic) bond motifs is 1. The molecule has 1 N–H and O–H groups in total. The number of aryl methyl sites for hydroxylation is 1. The Balaban J connectivity index is 1.83. The molecule has 0 unspecified atom stereocenters. The third-order valence-corrected chi connectivity index (χ3v) is 6.16. The molecule has 0 aromatic heterocycles. The van der Waals surface area contributed by atoms with E-state index in [1.807, 2.05) is 39.0 Å². The van der Waals surface area contributed by atoms with E-state index in [2.05, 4.69) is 5.32 Å². The van der Waals surface area contributed by atoms with Crippen molar-refractivity contribution in [2.75, 3.05) is 17.1 Å². The Kier molecular flexibility index (Phi) is 5.83. The quantitative estimate of drug-likeness (QED) is 0.772. The van der Waals surface area contributed by atoms with Gasteiger partial charge in [0.05, 0.1) is 18.0 Å². The number of ether oxygens (including phenoxy) is 1. The van der Waals surface area contributed by atoms with Gasteiger partial charge in [0.15, 0.2) is 0 Å². The van der Waals surface area contributed by atoms with Crippen LogP contribution in [0.2, 0.25) is 5.02 Å². The lowest BCUT2D eigenvalue weighted by Crippen LogP contribution is -2.45. The number of benzene rings is 2. The number of carbonyl (C=O) groups excluding carboxylic acids is 1. The number of carbonyl (C=O) groups is 1. The van der Waals surface area contributed by atoms with Gasteiger partial charge in [0.2, 0.25) is 15.9 Å². The van der Waals surface area contributed by atoms with E-state index in [1.165, 1.54) is 0 Å². The maximum Gasteiger partial charge on any atom is 0.241 e. The second-order valence-electron chi connectivity index (χ2n) is 7.97. The van der Waals surface area contributed by atoms with Gasteiger partial charge in [0.1, 0.15) is 17.9 Å². The van der Waals surface area contributed by atoms with Gasteiger partial charge < -0.3 is 10.1 Å². The molecule has 1 aliphatic heterocycles. The summed E-state index contributed by atoms with van der Waals surface area (Å²) in [6, 6.07) is 11.9. The Morgan fingerprint density at radius 2 is 1.90 bits per heavy atom. The first kappa shape index (κ1) is 21.5. The molecule has 6 nitrogen and oxygen atoms in total. The topological polar surface area (TPSA) is 75.7 Å². The van der Waals surface area contributed by atoms with E-state index in [-0.39, 0.29) is 18.5 Å². The molecule has 2 aromatic carbocycles. The van der Waals surface area contributed by atoms with Crippen LogP contribution in [-0.2, 0) is 14.8 Å². The Hall–Kier alpha value is -2.25. The third kappa shape index (κ3) is 5.22. The molecule has 3 rings (SSSR count). The Morgan fingerprint density at radius 1 is 1.24 bits per heavy atom. The normalized spacial score (nSPS) is 17.8. The molecule has 0 saturated heterocycles. The smallest absolute Gasteiger partial charge is 0.241 e. The number of nitrogens with zero attached hydrogens (tertiary/aromatic N) is 1. The summed E-state index contributed by atoms with van der Waals surface area (Å²) in [4.78, 5) is 12.8. The molecule has 1 aliphatic rings. The zero-order chi connectivity index (χ0) is 21.4. The van der Waals surface area contributed by atoms with Gasteiger partial charge in [0, 0.05) is 17.0 Å². The predicted molar refractivity (Wildman–Crippen MR) is 115 cm³/mol. The van der Waals surface area contributed by atoms with Crippen molar-refractivity contribution in [3.63, 3.8) is 0 Å². The first-order chi connectivity index (χ1) is 13.4. The minimum Gasteiger partial charge on any atom is -0.487 e. The Labute approximate surface area is 176 Å². The van der Waals surface area contributed by atoms with Crippen molar-refractivity contribution in [3.8, 4) is 5.75 Å². The highest BCUT2D eigenvalue weighted by Crippen LogP contribution is 2.39. The summed E-state index contributed by atoms with van der Waals surface area (Å²) in [7, 11) is -3.65. The minimum atomic E-state index is -3.65. The fraction of sp³-hybridized carbons (Fsp3) is 0.381. The first-order valence-electron chi connectivity index (χ1n) is 9.27. The van der Waals surface area contributed by atoms with Crippen LogP contribution in [0.1, 0.15) is 37.4 Å². The molecule has 2 aromatic rings. The number of hydrogen-bond acceptors (Lipinski definition) is 4. The number of halogens is 1. The Bertz CT molecular complexity index is 1020. The van der Waals surface area contributed by atoms with Crippen LogP contribution in [0.3, 0.4) is 0 Å². The SMILES string of the molecule is Cc1ccc2c(c1)OC(C)(C)C[C@@H]2NC(=O)CN(c1ccc(Cl)cc1)S(C)(=O)=O. The van der Waals surface area contributed by atoms with Gasteiger partial charge in [-0.15, -0.1) is 0 Å². The van der Waals surface area contributed by atoms with Gasteiger partial charge in [0.25, 0.3) is 0 Å². The van der Waals surface area contributed by atoms with E-state index in [4.69, 9.17) is 16.3 Å². The van der Waals surface area contributed by atoms with Crippen molar-refractivity contribution in [2.45, 2.75) is 38.8 Å². The summed E-state index contributed by atoms with van der Waals surface area (Å²) >= 11 is 5.89. The van der Waals surface area contributed by atoms with Crippen LogP contribution in [0.25, 0.3) is 0 Å². The number of nitrogens with one attached hydrogen (secondary N) is 1. The number of hydrogen-bond donors (Lipinski definition) is 1. The fourth-order valence-corrected chi connectivity index (χ4v) is 4.45. The second-order valence-corrected chi connectivity index (χ2v) is 10.3. The summed E-state index contributed by atoms with van der Waals surface area (Å²) in [5.74, 6) is 0.351. The lowest BCUT2D eigenvalue weighted by Gasteiger charge is -2.38. The van der Waals surface area contributed by atoms with Crippen LogP contribution in [0.4, 0.5) is 5.69 Å². The summed E-state index contributed by atoms with van der Waals surface area (Å²) in [5, 5.41) is 3.47. The van der Waals surface area contributed by atoms with Gasteiger partial charge in [-0.3, -0.25) is 9.10 Å². The highest BCUT2D eigenvalue weighted by atomic mass is 35.5. The Morgan fingerprint density at radius 3 is 2.52 bits per heavy atom. The zero-order valence-electron chi connectivity index (χ0n) is 16.9. The van der Waals surface area contributed by atoms with Crippen LogP contribution in [0, 0.1) is 6.92 Å². The molecule has 156 valence electrons. The highest BCUT2D eigenvalue weighted by molar-refractivity contribution is 7.92. The van der Waals surface area contributed by atoms with Gasteiger partial charge in [-0.1, -0.05) is 23.7 Å². The molecule has 1 atom stereocenters. The molecule has 0 fully saturated rings. The van der Waals surface area contributed by atoms with Gasteiger partial charge in [-0.25, -0.2) is 8.42 Å². The molecule has 29 heavy (non-hydrogen) atoms. The summed E-state index contributed by atoms with van der Waals surface area (Å²) in [6.45, 7) is 5.59. The molecule has 0 radical (unpaired) electrons. The number of sulfonamides is 1. The van der Waals surface area contributed by atoms with E-state index in [0.29, 0.717) is 17.1 Å². The number of amides is 1. The van der Waals surface area contributed by atoms with E-state index in [0.717, 1.165) is 27.4 Å². The van der Waals surface area contributed by atoms with Crippen LogP contribution in [-0.4, -0.2) is 32.7 Å². The molecular formula is C21H25ClN2O4S. The van der Waals surface area contributed by atoms with Crippen LogP contribution in [0.15, 0.2) is 42.5 Å². The summed E-state index contributed by atoms with van der Waals surface area (Å²) in [6.07, 6.45) is 1.65. The van der Waals surface area contributed by atoms with E-state index in [1.54, 1.807) is 24.3 Å². The van der Waals surface area contributed by atoms with Gasteiger partial charge in [-0.05, 0) is 56.7 Å². The largest absolute Gasteiger partial charge is 0.487 e. The highest BCUT2D eigenvalue weighted by Gasteiger charge is 2.35. The van der Waals surface area contributed by atoms with Crippen LogP contribution in [0.5, 0.6) is 5.75 Å². The second kappa shape index (κ2) is 7.88. The molecule has 1 amide bonds. The number of anilines is 1. The maximum atomic E-state index is 12.8. The van der Waals surface area contributed by atoms with E-state index >= 15 is 0 Å². The first-order valence-corrected chi connectivity index (χ1v) is 11.5. The molecule has 1 heterocycles. The lowest BCUT2D eigenvalue weighted by atomic mass is 9.89. The maximum absolute atomic E-state index is 12.8. The molecule has 0 aliphatic carbocycles. The van der Waals surface area contributed by atoms with Crippen molar-refractivity contribution in [1.29, 1.82) is 0 Å². The van der Waals surface area contributed by atoms with E-state index in [9.17, 15) is 13.2 Å². The van der Waals surface area contributed by atoms with Crippen molar-refractivity contribution in [2.24, 2.45) is 0 Å². The van der Waals surface area contributed by atoms with Crippen molar-refractivity contribution in [3.05, 3.63) is 58.6 Å². The predicted octanol–water partition coefficient (Wildman–Crippen LogP) is 3.83. The molecular weight excluding hydrogens is 412 g/mol. The van der Waals surface area contributed by atoms with Gasteiger partial charge in [-0.2, -0.15) is 0 Å². The summed E-state index contributed by atoms with van der Waals surface area (Å²) < 4.78 is 31.7. The zero-order valence-corrected chi connectivity index (χ0v) is 18.5. The number of rotatable bonds is 5. The summed E-state index contributed by atoms with van der Waals surface area (Å²) in [5.41, 5.74) is 1.89. The van der Waals surface area contributed by atoms with Crippen molar-refractivity contribution >= 4 is 33.2 Å². The third-order valence-electron chi connectivity index (χ3n) is 4.76. The molecule has 0 saturated carbocycles. The standard InChI is InChI=1S/C21H25ClN2O4S/c1-14-5-10-17-18(12-21(2,3)28-19(17)11-14)23-20(25)13-24(29(4,26)27)16-8-6-15(22)7-9-16/h5-11,18H,12-13H2,1-4H3,(H,23,25)/t18-/m0/s1. The van der Waals surface area contributed by atoms with Crippen molar-refractivity contribution in [1.82, 2.24) is 5.32 Å². The van der Waals surface area contributed by atoms with Gasteiger partial charge >= 0.3 is 0 Å². The fourth-order valence-electron chi connectivity index (χ4n) is 3.47. The average molecular weight is 437 g/mol. The molecule has 8 heteroatoms. The van der Waals surface area contributed by atoms with Crippen LogP contribution >= 0.6 is 11.6 Å². The monoisotopic (exact) mass is 436 g/mol. The van der Waals surface area contributed by atoms with E-state index < -0.39 is 15.6 Å². The molecule has 0 spiro atoms. The lowest BCUT2D eigenvalue weighted by molar-refractivity contribution is -0.120. The van der Waals surface area contributed by atoms with Crippen LogP contribution < -0.4 is 14.4 Å². The molecule has 0 bridgehead atoms.